The van der Waals surface area contributed by atoms with E-state index >= 15 is 0 Å². The predicted octanol–water partition coefficient (Wildman–Crippen LogP) is 1.81. The van der Waals surface area contributed by atoms with Crippen LogP contribution in [0.3, 0.4) is 0 Å². The molecule has 0 heteroatoms. The Morgan fingerprint density at radius 3 is 2.11 bits per heavy atom. The predicted molar refractivity (Wildman–Crippen MR) is 36.5 cm³/mol. The molecule has 3 aliphatic carbocycles. The van der Waals surface area contributed by atoms with Crippen LogP contribution in [-0.4, -0.2) is 0 Å². The van der Waals surface area contributed by atoms with E-state index in [4.69, 9.17) is 0 Å². The molecule has 0 aromatic heterocycles. The minimum Gasteiger partial charge on any atom is -0.0753 e. The summed E-state index contributed by atoms with van der Waals surface area (Å²) in [6.45, 7) is 0. The Morgan fingerprint density at radius 2 is 1.56 bits per heavy atom. The van der Waals surface area contributed by atoms with Crippen molar-refractivity contribution < 1.29 is 0 Å². The molecule has 3 rings (SSSR count). The molecule has 3 aliphatic rings. The van der Waals surface area contributed by atoms with Crippen molar-refractivity contribution in [3.05, 3.63) is 30.7 Å². The summed E-state index contributed by atoms with van der Waals surface area (Å²) in [6.07, 6.45) is 11.9. The van der Waals surface area contributed by atoms with E-state index in [1.807, 2.05) is 0 Å². The van der Waals surface area contributed by atoms with Gasteiger partial charge in [-0.25, -0.2) is 0 Å². The lowest BCUT2D eigenvalue weighted by atomic mass is 9.93. The van der Waals surface area contributed by atoms with Crippen LogP contribution < -0.4 is 0 Å². The van der Waals surface area contributed by atoms with E-state index < -0.39 is 0 Å². The molecule has 0 heterocycles. The summed E-state index contributed by atoms with van der Waals surface area (Å²) in [6, 6.07) is 0. The van der Waals surface area contributed by atoms with Crippen molar-refractivity contribution in [1.82, 2.24) is 0 Å². The Labute approximate surface area is 55.3 Å². The number of hydrogen-bond acceptors (Lipinski definition) is 0. The van der Waals surface area contributed by atoms with E-state index in [1.54, 1.807) is 0 Å². The smallest absolute Gasteiger partial charge is 0.0753 e. The quantitative estimate of drug-likeness (QED) is 0.335. The van der Waals surface area contributed by atoms with Gasteiger partial charge in [0.2, 0.25) is 0 Å². The number of hydrogen-bond donors (Lipinski definition) is 0. The van der Waals surface area contributed by atoms with Crippen LogP contribution in [0.4, 0.5) is 0 Å². The zero-order valence-corrected chi connectivity index (χ0v) is 5.20. The first-order chi connectivity index (χ1) is 4.45. The molecule has 0 saturated heterocycles. The van der Waals surface area contributed by atoms with Gasteiger partial charge >= 0.3 is 0 Å². The third kappa shape index (κ3) is 0.386. The molecule has 2 unspecified atom stereocenters. The summed E-state index contributed by atoms with van der Waals surface area (Å²) in [7, 11) is 0. The topological polar surface area (TPSA) is 0 Å². The van der Waals surface area contributed by atoms with Crippen molar-refractivity contribution in [2.24, 2.45) is 23.7 Å². The molecule has 44 valence electrons. The summed E-state index contributed by atoms with van der Waals surface area (Å²) in [5.41, 5.74) is 0. The maximum atomic E-state index is 2.48. The normalized spacial score (nSPS) is 56.9. The monoisotopic (exact) mass is 117 g/mol. The van der Waals surface area contributed by atoms with Gasteiger partial charge in [-0.15, -0.1) is 0 Å². The minimum absolute atomic E-state index is 0.685. The lowest BCUT2D eigenvalue weighted by Gasteiger charge is -2.02. The molecule has 0 aliphatic heterocycles. The van der Waals surface area contributed by atoms with Gasteiger partial charge in [-0.05, 0) is 12.2 Å². The highest BCUT2D eigenvalue weighted by molar-refractivity contribution is 5.33. The van der Waals surface area contributed by atoms with Crippen LogP contribution in [0.2, 0.25) is 0 Å². The van der Waals surface area contributed by atoms with E-state index in [9.17, 15) is 0 Å². The molecule has 0 amide bonds. The highest BCUT2D eigenvalue weighted by atomic mass is 14.5. The SMILES string of the molecule is C1=CC2C3C=CC1[CH+]C23. The molecule has 1 saturated carbocycles. The van der Waals surface area contributed by atoms with E-state index in [0.717, 1.165) is 17.8 Å². The number of fused-ring (bicyclic) bond motifs is 2. The van der Waals surface area contributed by atoms with E-state index in [2.05, 4.69) is 30.7 Å². The summed E-state index contributed by atoms with van der Waals surface area (Å²) in [4.78, 5) is 0. The van der Waals surface area contributed by atoms with Gasteiger partial charge in [0.15, 0.2) is 0 Å². The lowest BCUT2D eigenvalue weighted by Crippen LogP contribution is -2.02. The zero-order valence-electron chi connectivity index (χ0n) is 5.20. The first kappa shape index (κ1) is 4.21. The van der Waals surface area contributed by atoms with Gasteiger partial charge in [0.1, 0.15) is 11.8 Å². The molecule has 0 aromatic carbocycles. The molecular weight excluding hydrogens is 108 g/mol. The zero-order chi connectivity index (χ0) is 5.84. The van der Waals surface area contributed by atoms with Gasteiger partial charge in [-0.2, -0.15) is 0 Å². The molecule has 0 N–H and O–H groups in total. The van der Waals surface area contributed by atoms with Crippen LogP contribution in [0, 0.1) is 30.1 Å². The van der Waals surface area contributed by atoms with Crippen LogP contribution in [-0.2, 0) is 0 Å². The number of allylic oxidation sites excluding steroid dienone is 4. The number of rotatable bonds is 0. The Balaban J connectivity index is 2.15. The van der Waals surface area contributed by atoms with Crippen molar-refractivity contribution in [2.75, 3.05) is 0 Å². The minimum atomic E-state index is 0.685. The second-order valence-corrected chi connectivity index (χ2v) is 3.27. The highest BCUT2D eigenvalue weighted by Gasteiger charge is 2.58. The fraction of sp³-hybridized carbons (Fsp3) is 0.444. The van der Waals surface area contributed by atoms with Crippen LogP contribution >= 0.6 is 0 Å². The lowest BCUT2D eigenvalue weighted by molar-refractivity contribution is 0.732. The van der Waals surface area contributed by atoms with Crippen LogP contribution in [0.5, 0.6) is 0 Å². The van der Waals surface area contributed by atoms with Crippen LogP contribution in [0.1, 0.15) is 0 Å². The average Bonchev–Trinajstić information content (AvgIpc) is 2.62. The maximum Gasteiger partial charge on any atom is 0.134 e. The van der Waals surface area contributed by atoms with E-state index in [1.165, 1.54) is 0 Å². The summed E-state index contributed by atoms with van der Waals surface area (Å²) in [5.74, 6) is 3.43. The van der Waals surface area contributed by atoms with Gasteiger partial charge in [0, 0.05) is 11.8 Å². The van der Waals surface area contributed by atoms with Gasteiger partial charge in [-0.1, -0.05) is 12.2 Å². The molecular formula is C9H9+. The molecule has 0 aromatic rings. The summed E-state index contributed by atoms with van der Waals surface area (Å²) >= 11 is 0. The van der Waals surface area contributed by atoms with Crippen molar-refractivity contribution in [2.45, 2.75) is 0 Å². The first-order valence-electron chi connectivity index (χ1n) is 3.67. The van der Waals surface area contributed by atoms with Crippen molar-refractivity contribution >= 4 is 0 Å². The third-order valence-electron chi connectivity index (χ3n) is 2.75. The summed E-state index contributed by atoms with van der Waals surface area (Å²) in [5, 5.41) is 0. The molecule has 2 bridgehead atoms. The van der Waals surface area contributed by atoms with Gasteiger partial charge in [-0.3, -0.25) is 0 Å². The highest BCUT2D eigenvalue weighted by Crippen LogP contribution is 2.56. The molecule has 0 radical (unpaired) electrons. The van der Waals surface area contributed by atoms with Crippen LogP contribution in [0.15, 0.2) is 24.3 Å². The van der Waals surface area contributed by atoms with E-state index in [-0.39, 0.29) is 0 Å². The maximum absolute atomic E-state index is 2.48. The Morgan fingerprint density at radius 1 is 0.889 bits per heavy atom. The Bertz CT molecular complexity index is 180. The fourth-order valence-electron chi connectivity index (χ4n) is 2.12. The second-order valence-electron chi connectivity index (χ2n) is 3.27. The van der Waals surface area contributed by atoms with Gasteiger partial charge in [0.25, 0.3) is 0 Å². The standard InChI is InChI=1S/C9H9/c1-3-7-8-4-2-6(1)5-9(7)8/h1-9H/q+1. The first-order valence-corrected chi connectivity index (χ1v) is 3.67. The average molecular weight is 117 g/mol. The molecule has 1 fully saturated rings. The van der Waals surface area contributed by atoms with Crippen molar-refractivity contribution in [1.29, 1.82) is 0 Å². The molecule has 9 heavy (non-hydrogen) atoms. The Hall–Kier alpha value is -0.650. The molecule has 2 atom stereocenters. The van der Waals surface area contributed by atoms with Gasteiger partial charge < -0.3 is 0 Å². The molecule has 0 nitrogen and oxygen atoms in total. The van der Waals surface area contributed by atoms with Gasteiger partial charge in [0.05, 0.1) is 6.42 Å². The fourth-order valence-corrected chi connectivity index (χ4v) is 2.12. The van der Waals surface area contributed by atoms with Crippen molar-refractivity contribution in [3.8, 4) is 0 Å². The Kier molecular flexibility index (Phi) is 0.519. The summed E-state index contributed by atoms with van der Waals surface area (Å²) < 4.78 is 0. The second kappa shape index (κ2) is 1.11. The van der Waals surface area contributed by atoms with Crippen LogP contribution in [0.25, 0.3) is 0 Å². The van der Waals surface area contributed by atoms with E-state index in [0.29, 0.717) is 5.92 Å². The largest absolute Gasteiger partial charge is 0.134 e. The van der Waals surface area contributed by atoms with Crippen molar-refractivity contribution in [3.63, 3.8) is 0 Å². The molecule has 0 spiro atoms. The third-order valence-corrected chi connectivity index (χ3v) is 2.75.